The van der Waals surface area contributed by atoms with Gasteiger partial charge in [0.15, 0.2) is 0 Å². The maximum atomic E-state index is 12.0. The normalized spacial score (nSPS) is 12.9. The number of hydrogen-bond acceptors (Lipinski definition) is 2. The van der Waals surface area contributed by atoms with E-state index in [1.165, 1.54) is 16.7 Å². The van der Waals surface area contributed by atoms with E-state index in [-0.39, 0.29) is 6.04 Å². The molecule has 0 amide bonds. The van der Waals surface area contributed by atoms with E-state index in [1.54, 1.807) is 0 Å². The van der Waals surface area contributed by atoms with Crippen LogP contribution in [0.4, 0.5) is 8.78 Å². The topological polar surface area (TPSA) is 21.3 Å². The molecule has 0 spiro atoms. The molecule has 0 aliphatic heterocycles. The number of rotatable bonds is 8. The molecule has 0 radical (unpaired) electrons. The number of benzene rings is 1. The molecule has 0 aromatic heterocycles. The monoisotopic (exact) mass is 271 g/mol. The molecule has 0 saturated heterocycles. The molecule has 1 aromatic carbocycles. The second kappa shape index (κ2) is 8.23. The average molecular weight is 271 g/mol. The molecule has 1 unspecified atom stereocenters. The van der Waals surface area contributed by atoms with Crippen molar-refractivity contribution in [1.29, 1.82) is 0 Å². The Hall–Kier alpha value is -1.00. The summed E-state index contributed by atoms with van der Waals surface area (Å²) in [5.41, 5.74) is 3.87. The van der Waals surface area contributed by atoms with Crippen LogP contribution in [-0.4, -0.2) is 32.7 Å². The highest BCUT2D eigenvalue weighted by Crippen LogP contribution is 2.16. The number of nitrogens with one attached hydrogen (secondary N) is 1. The molecule has 0 saturated carbocycles. The molecule has 1 rings (SSSR count). The highest BCUT2D eigenvalue weighted by molar-refractivity contribution is 5.34. The van der Waals surface area contributed by atoms with Crippen LogP contribution < -0.4 is 5.32 Å². The van der Waals surface area contributed by atoms with E-state index in [0.29, 0.717) is 6.61 Å². The van der Waals surface area contributed by atoms with Gasteiger partial charge < -0.3 is 10.1 Å². The molecule has 2 nitrogen and oxygen atoms in total. The van der Waals surface area contributed by atoms with Gasteiger partial charge in [-0.1, -0.05) is 18.2 Å². The molecule has 0 heterocycles. The van der Waals surface area contributed by atoms with Crippen molar-refractivity contribution < 1.29 is 13.5 Å². The van der Waals surface area contributed by atoms with Crippen molar-refractivity contribution >= 4 is 0 Å². The van der Waals surface area contributed by atoms with Crippen LogP contribution in [0.15, 0.2) is 18.2 Å². The van der Waals surface area contributed by atoms with Gasteiger partial charge in [-0.05, 0) is 50.4 Å². The fourth-order valence-electron chi connectivity index (χ4n) is 2.16. The summed E-state index contributed by atoms with van der Waals surface area (Å²) in [4.78, 5) is 0. The minimum atomic E-state index is -2.38. The van der Waals surface area contributed by atoms with E-state index in [1.807, 2.05) is 13.1 Å². The summed E-state index contributed by atoms with van der Waals surface area (Å²) in [7, 11) is 1.89. The first-order valence-electron chi connectivity index (χ1n) is 6.62. The Kier molecular flexibility index (Phi) is 6.95. The number of halogens is 2. The van der Waals surface area contributed by atoms with Crippen LogP contribution in [0.2, 0.25) is 0 Å². The predicted molar refractivity (Wildman–Crippen MR) is 73.9 cm³/mol. The van der Waals surface area contributed by atoms with Gasteiger partial charge in [0.2, 0.25) is 0 Å². The Bertz CT molecular complexity index is 362. The van der Waals surface area contributed by atoms with Crippen LogP contribution in [0.25, 0.3) is 0 Å². The van der Waals surface area contributed by atoms with Crippen LogP contribution in [-0.2, 0) is 11.2 Å². The Morgan fingerprint density at radius 2 is 1.84 bits per heavy atom. The summed E-state index contributed by atoms with van der Waals surface area (Å²) in [5.74, 6) is 0. The Morgan fingerprint density at radius 1 is 1.21 bits per heavy atom. The highest BCUT2D eigenvalue weighted by atomic mass is 19.3. The fourth-order valence-corrected chi connectivity index (χ4v) is 2.16. The van der Waals surface area contributed by atoms with E-state index in [0.717, 1.165) is 12.8 Å². The molecule has 4 heteroatoms. The predicted octanol–water partition coefficient (Wildman–Crippen LogP) is 3.11. The Balaban J connectivity index is 2.48. The van der Waals surface area contributed by atoms with Crippen molar-refractivity contribution in [2.24, 2.45) is 0 Å². The van der Waals surface area contributed by atoms with Crippen molar-refractivity contribution in [2.75, 3.05) is 20.3 Å². The average Bonchev–Trinajstić information content (AvgIpc) is 2.36. The zero-order valence-corrected chi connectivity index (χ0v) is 11.9. The van der Waals surface area contributed by atoms with Gasteiger partial charge in [0, 0.05) is 12.6 Å². The van der Waals surface area contributed by atoms with E-state index in [4.69, 9.17) is 4.74 Å². The zero-order valence-electron chi connectivity index (χ0n) is 11.9. The third-order valence-corrected chi connectivity index (χ3v) is 3.36. The number of alkyl halides is 2. The lowest BCUT2D eigenvalue weighted by Gasteiger charge is -2.19. The van der Waals surface area contributed by atoms with Crippen LogP contribution in [0, 0.1) is 13.8 Å². The third-order valence-electron chi connectivity index (χ3n) is 3.36. The summed E-state index contributed by atoms with van der Waals surface area (Å²) < 4.78 is 28.8. The molecule has 0 fully saturated rings. The zero-order chi connectivity index (χ0) is 14.3. The lowest BCUT2D eigenvalue weighted by Crippen LogP contribution is -2.30. The molecule has 108 valence electrons. The summed E-state index contributed by atoms with van der Waals surface area (Å²) in [6.07, 6.45) is -0.754. The first-order chi connectivity index (χ1) is 9.04. The van der Waals surface area contributed by atoms with Gasteiger partial charge in [-0.15, -0.1) is 0 Å². The van der Waals surface area contributed by atoms with Crippen molar-refractivity contribution in [1.82, 2.24) is 5.32 Å². The molecule has 1 aromatic rings. The van der Waals surface area contributed by atoms with E-state index in [9.17, 15) is 8.78 Å². The van der Waals surface area contributed by atoms with E-state index in [2.05, 4.69) is 31.3 Å². The number of ether oxygens (including phenoxy) is 1. The number of likely N-dealkylation sites (N-methyl/N-ethyl adjacent to an activating group) is 1. The smallest absolute Gasteiger partial charge is 0.261 e. The van der Waals surface area contributed by atoms with Gasteiger partial charge >= 0.3 is 0 Å². The standard InChI is InChI=1S/C15H23F2NO/c1-11-5-4-6-12(2)14(11)9-13(18-3)7-8-19-10-15(16)17/h4-6,13,15,18H,7-10H2,1-3H3. The maximum Gasteiger partial charge on any atom is 0.261 e. The number of hydrogen-bond donors (Lipinski definition) is 1. The summed E-state index contributed by atoms with van der Waals surface area (Å²) >= 11 is 0. The van der Waals surface area contributed by atoms with Crippen molar-refractivity contribution in [3.8, 4) is 0 Å². The highest BCUT2D eigenvalue weighted by Gasteiger charge is 2.11. The van der Waals surface area contributed by atoms with Crippen molar-refractivity contribution in [3.05, 3.63) is 34.9 Å². The quantitative estimate of drug-likeness (QED) is 0.734. The largest absolute Gasteiger partial charge is 0.375 e. The van der Waals surface area contributed by atoms with Gasteiger partial charge in [-0.2, -0.15) is 0 Å². The van der Waals surface area contributed by atoms with E-state index >= 15 is 0 Å². The van der Waals surface area contributed by atoms with Crippen LogP contribution in [0.3, 0.4) is 0 Å². The second-order valence-electron chi connectivity index (χ2n) is 4.81. The molecule has 0 bridgehead atoms. The van der Waals surface area contributed by atoms with Crippen LogP contribution >= 0.6 is 0 Å². The molecule has 1 atom stereocenters. The Morgan fingerprint density at radius 3 is 2.37 bits per heavy atom. The molecule has 0 aliphatic rings. The van der Waals surface area contributed by atoms with Gasteiger partial charge in [0.1, 0.15) is 6.61 Å². The third kappa shape index (κ3) is 5.66. The second-order valence-corrected chi connectivity index (χ2v) is 4.81. The SMILES string of the molecule is CNC(CCOCC(F)F)Cc1c(C)cccc1C. The van der Waals surface area contributed by atoms with Crippen molar-refractivity contribution in [3.63, 3.8) is 0 Å². The lowest BCUT2D eigenvalue weighted by atomic mass is 9.95. The van der Waals surface area contributed by atoms with Gasteiger partial charge in [-0.25, -0.2) is 8.78 Å². The van der Waals surface area contributed by atoms with Gasteiger partial charge in [0.05, 0.1) is 0 Å². The van der Waals surface area contributed by atoms with Crippen molar-refractivity contribution in [2.45, 2.75) is 39.2 Å². The molecular formula is C15H23F2NO. The molecule has 19 heavy (non-hydrogen) atoms. The first-order valence-corrected chi connectivity index (χ1v) is 6.62. The summed E-state index contributed by atoms with van der Waals surface area (Å²) in [6, 6.07) is 6.50. The molecule has 0 aliphatic carbocycles. The number of aryl methyl sites for hydroxylation is 2. The van der Waals surface area contributed by atoms with E-state index < -0.39 is 13.0 Å². The van der Waals surface area contributed by atoms with Crippen LogP contribution in [0.5, 0.6) is 0 Å². The molecule has 1 N–H and O–H groups in total. The lowest BCUT2D eigenvalue weighted by molar-refractivity contribution is 0.0146. The van der Waals surface area contributed by atoms with Gasteiger partial charge in [0.25, 0.3) is 6.43 Å². The Labute approximate surface area is 114 Å². The summed E-state index contributed by atoms with van der Waals surface area (Å²) in [6.45, 7) is 4.09. The minimum Gasteiger partial charge on any atom is -0.375 e. The fraction of sp³-hybridized carbons (Fsp3) is 0.600. The van der Waals surface area contributed by atoms with Gasteiger partial charge in [-0.3, -0.25) is 0 Å². The molecular weight excluding hydrogens is 248 g/mol. The first kappa shape index (κ1) is 16.1. The van der Waals surface area contributed by atoms with Crippen LogP contribution in [0.1, 0.15) is 23.1 Å². The maximum absolute atomic E-state index is 12.0. The summed E-state index contributed by atoms with van der Waals surface area (Å²) in [5, 5.41) is 3.23. The minimum absolute atomic E-state index is 0.248.